The Balaban J connectivity index is 1.79. The first-order valence-corrected chi connectivity index (χ1v) is 8.97. The van der Waals surface area contributed by atoms with Gasteiger partial charge in [0, 0.05) is 49.1 Å². The quantitative estimate of drug-likeness (QED) is 0.860. The van der Waals surface area contributed by atoms with Crippen LogP contribution in [0.4, 0.5) is 10.1 Å². The van der Waals surface area contributed by atoms with Crippen LogP contribution in [0.25, 0.3) is 0 Å². The van der Waals surface area contributed by atoms with Crippen molar-refractivity contribution >= 4 is 23.2 Å². The molecule has 2 heterocycles. The van der Waals surface area contributed by atoms with Gasteiger partial charge >= 0.3 is 0 Å². The number of amides is 1. The Hall–Kier alpha value is -2.02. The van der Waals surface area contributed by atoms with Crippen LogP contribution in [-0.4, -0.2) is 41.5 Å². The number of hydrogen-bond acceptors (Lipinski definition) is 4. The number of nitrogens with zero attached hydrogens (tertiary/aromatic N) is 2. The number of piperazine rings is 1. The molecule has 2 N–H and O–H groups in total. The van der Waals surface area contributed by atoms with Crippen LogP contribution in [0.5, 0.6) is 0 Å². The lowest BCUT2D eigenvalue weighted by molar-refractivity contribution is 0.102. The molecular weight excluding hydrogens is 355 g/mol. The lowest BCUT2D eigenvalue weighted by Crippen LogP contribution is -2.48. The highest BCUT2D eigenvalue weighted by Crippen LogP contribution is 2.26. The number of hydrogen-bond donors (Lipinski definition) is 2. The molecule has 1 aromatic carbocycles. The number of aromatic nitrogens is 1. The minimum Gasteiger partial charge on any atom is -0.322 e. The minimum absolute atomic E-state index is 0.168. The SMILES string of the molecule is Cc1c(CN2CCNC(C)C2)cc(Cl)cc1NC(=O)c1cncc(F)c1. The maximum atomic E-state index is 13.3. The Kier molecular flexibility index (Phi) is 5.86. The van der Waals surface area contributed by atoms with Crippen LogP contribution in [-0.2, 0) is 6.54 Å². The highest BCUT2D eigenvalue weighted by molar-refractivity contribution is 6.31. The molecule has 0 bridgehead atoms. The van der Waals surface area contributed by atoms with Gasteiger partial charge in [-0.1, -0.05) is 11.6 Å². The van der Waals surface area contributed by atoms with Gasteiger partial charge in [0.1, 0.15) is 5.82 Å². The number of benzene rings is 1. The highest BCUT2D eigenvalue weighted by atomic mass is 35.5. The monoisotopic (exact) mass is 376 g/mol. The molecule has 0 aliphatic carbocycles. The predicted octanol–water partition coefficient (Wildman–Crippen LogP) is 3.23. The number of nitrogens with one attached hydrogen (secondary N) is 2. The lowest BCUT2D eigenvalue weighted by atomic mass is 10.0. The zero-order valence-corrected chi connectivity index (χ0v) is 15.6. The zero-order chi connectivity index (χ0) is 18.7. The zero-order valence-electron chi connectivity index (χ0n) is 14.9. The summed E-state index contributed by atoms with van der Waals surface area (Å²) >= 11 is 6.27. The predicted molar refractivity (Wildman–Crippen MR) is 101 cm³/mol. The second-order valence-electron chi connectivity index (χ2n) is 6.67. The fourth-order valence-corrected chi connectivity index (χ4v) is 3.40. The first-order valence-electron chi connectivity index (χ1n) is 8.59. The van der Waals surface area contributed by atoms with Crippen molar-refractivity contribution in [1.82, 2.24) is 15.2 Å². The highest BCUT2D eigenvalue weighted by Gasteiger charge is 2.18. The van der Waals surface area contributed by atoms with Crippen LogP contribution < -0.4 is 10.6 Å². The molecule has 5 nitrogen and oxygen atoms in total. The fourth-order valence-electron chi connectivity index (χ4n) is 3.16. The summed E-state index contributed by atoms with van der Waals surface area (Å²) in [5, 5.41) is 6.80. The van der Waals surface area contributed by atoms with E-state index in [0.29, 0.717) is 16.8 Å². The van der Waals surface area contributed by atoms with Gasteiger partial charge in [0.2, 0.25) is 0 Å². The van der Waals surface area contributed by atoms with Gasteiger partial charge in [-0.2, -0.15) is 0 Å². The second-order valence-corrected chi connectivity index (χ2v) is 7.11. The van der Waals surface area contributed by atoms with Crippen molar-refractivity contribution in [2.75, 3.05) is 25.0 Å². The van der Waals surface area contributed by atoms with Crippen molar-refractivity contribution in [2.24, 2.45) is 0 Å². The fraction of sp³-hybridized carbons (Fsp3) is 0.368. The average molecular weight is 377 g/mol. The van der Waals surface area contributed by atoms with Crippen molar-refractivity contribution in [2.45, 2.75) is 26.4 Å². The molecule has 1 fully saturated rings. The molecule has 138 valence electrons. The number of rotatable bonds is 4. The molecule has 2 aromatic rings. The van der Waals surface area contributed by atoms with E-state index in [0.717, 1.165) is 49.6 Å². The van der Waals surface area contributed by atoms with E-state index in [-0.39, 0.29) is 5.56 Å². The molecule has 1 unspecified atom stereocenters. The van der Waals surface area contributed by atoms with Crippen LogP contribution in [0, 0.1) is 12.7 Å². The van der Waals surface area contributed by atoms with Crippen molar-refractivity contribution in [3.63, 3.8) is 0 Å². The third kappa shape index (κ3) is 4.58. The van der Waals surface area contributed by atoms with Crippen molar-refractivity contribution < 1.29 is 9.18 Å². The summed E-state index contributed by atoms with van der Waals surface area (Å²) in [7, 11) is 0. The number of anilines is 1. The Bertz CT molecular complexity index is 814. The average Bonchev–Trinajstić information content (AvgIpc) is 2.59. The number of pyridine rings is 1. The van der Waals surface area contributed by atoms with E-state index >= 15 is 0 Å². The van der Waals surface area contributed by atoms with E-state index in [1.54, 1.807) is 6.07 Å². The third-order valence-electron chi connectivity index (χ3n) is 4.54. The van der Waals surface area contributed by atoms with Crippen LogP contribution in [0.3, 0.4) is 0 Å². The Labute approximate surface area is 157 Å². The van der Waals surface area contributed by atoms with Crippen molar-refractivity contribution in [1.29, 1.82) is 0 Å². The molecule has 1 saturated heterocycles. The summed E-state index contributed by atoms with van der Waals surface area (Å²) in [6.45, 7) is 7.77. The molecule has 1 atom stereocenters. The van der Waals surface area contributed by atoms with E-state index in [1.807, 2.05) is 13.0 Å². The first-order chi connectivity index (χ1) is 12.4. The second kappa shape index (κ2) is 8.12. The van der Waals surface area contributed by atoms with Gasteiger partial charge in [0.15, 0.2) is 0 Å². The summed E-state index contributed by atoms with van der Waals surface area (Å²) in [6.07, 6.45) is 2.40. The van der Waals surface area contributed by atoms with Gasteiger partial charge in [-0.15, -0.1) is 0 Å². The smallest absolute Gasteiger partial charge is 0.257 e. The van der Waals surface area contributed by atoms with Crippen LogP contribution in [0.15, 0.2) is 30.6 Å². The van der Waals surface area contributed by atoms with Gasteiger partial charge in [-0.3, -0.25) is 14.7 Å². The van der Waals surface area contributed by atoms with E-state index < -0.39 is 11.7 Å². The van der Waals surface area contributed by atoms with E-state index in [1.165, 1.54) is 6.20 Å². The molecule has 1 aliphatic heterocycles. The van der Waals surface area contributed by atoms with Gasteiger partial charge in [-0.05, 0) is 43.2 Å². The Morgan fingerprint density at radius 1 is 1.42 bits per heavy atom. The molecule has 1 amide bonds. The topological polar surface area (TPSA) is 57.3 Å². The molecule has 26 heavy (non-hydrogen) atoms. The Morgan fingerprint density at radius 2 is 2.23 bits per heavy atom. The van der Waals surface area contributed by atoms with Gasteiger partial charge in [0.25, 0.3) is 5.91 Å². The lowest BCUT2D eigenvalue weighted by Gasteiger charge is -2.32. The molecule has 7 heteroatoms. The summed E-state index contributed by atoms with van der Waals surface area (Å²) in [5.41, 5.74) is 2.82. The van der Waals surface area contributed by atoms with Crippen molar-refractivity contribution in [3.05, 3.63) is 58.1 Å². The van der Waals surface area contributed by atoms with E-state index in [4.69, 9.17) is 11.6 Å². The third-order valence-corrected chi connectivity index (χ3v) is 4.76. The summed E-state index contributed by atoms with van der Waals surface area (Å²) in [4.78, 5) is 18.5. The summed E-state index contributed by atoms with van der Waals surface area (Å²) < 4.78 is 13.3. The standard InChI is InChI=1S/C19H22ClFN4O/c1-12-10-25(4-3-23-12)11-15-5-16(20)7-18(13(15)2)24-19(26)14-6-17(21)9-22-8-14/h5-9,12,23H,3-4,10-11H2,1-2H3,(H,24,26). The van der Waals surface area contributed by atoms with Crippen LogP contribution >= 0.6 is 11.6 Å². The molecule has 0 spiro atoms. The molecule has 0 radical (unpaired) electrons. The maximum Gasteiger partial charge on any atom is 0.257 e. The van der Waals surface area contributed by atoms with Crippen LogP contribution in [0.2, 0.25) is 5.02 Å². The van der Waals surface area contributed by atoms with Gasteiger partial charge in [-0.25, -0.2) is 4.39 Å². The largest absolute Gasteiger partial charge is 0.322 e. The summed E-state index contributed by atoms with van der Waals surface area (Å²) in [5.74, 6) is -0.960. The van der Waals surface area contributed by atoms with E-state index in [9.17, 15) is 9.18 Å². The van der Waals surface area contributed by atoms with Crippen molar-refractivity contribution in [3.8, 4) is 0 Å². The number of carbonyl (C=O) groups is 1. The van der Waals surface area contributed by atoms with E-state index in [2.05, 4.69) is 27.4 Å². The molecule has 3 rings (SSSR count). The van der Waals surface area contributed by atoms with Crippen LogP contribution in [0.1, 0.15) is 28.4 Å². The van der Waals surface area contributed by atoms with Gasteiger partial charge < -0.3 is 10.6 Å². The molecule has 1 aliphatic rings. The normalized spacial score (nSPS) is 17.9. The summed E-state index contributed by atoms with van der Waals surface area (Å²) in [6, 6.07) is 5.25. The molecule has 1 aromatic heterocycles. The number of carbonyl (C=O) groups excluding carboxylic acids is 1. The molecule has 0 saturated carbocycles. The maximum absolute atomic E-state index is 13.3. The first kappa shape index (κ1) is 18.8. The number of halogens is 2. The molecular formula is C19H22ClFN4O. The minimum atomic E-state index is -0.547. The Morgan fingerprint density at radius 3 is 2.96 bits per heavy atom. The van der Waals surface area contributed by atoms with Gasteiger partial charge in [0.05, 0.1) is 11.8 Å².